The van der Waals surface area contributed by atoms with E-state index < -0.39 is 17.8 Å². The minimum Gasteiger partial charge on any atom is -0.424 e. The van der Waals surface area contributed by atoms with Crippen molar-refractivity contribution >= 4 is 34.8 Å². The fourth-order valence-electron chi connectivity index (χ4n) is 5.02. The number of fused-ring (bicyclic) bond motifs is 1. The first-order valence-corrected chi connectivity index (χ1v) is 13.9. The monoisotopic (exact) mass is 616 g/mol. The Bertz CT molecular complexity index is 1850. The van der Waals surface area contributed by atoms with Crippen LogP contribution in [0.2, 0.25) is 5.02 Å². The van der Waals surface area contributed by atoms with Crippen molar-refractivity contribution in [2.24, 2.45) is 0 Å². The number of pyridine rings is 1. The number of ether oxygens (including phenoxy) is 1. The number of anilines is 3. The molecule has 12 heteroatoms. The number of nitrogen functional groups attached to an aromatic ring is 1. The SMILES string of the molecule is Nc1ncc(Cl)cc1-c1ccc(Oc2ncc(NC(=O)Nc3cc(C(F)(F)F)ccc3-c3ccc4c(c3)CCC4)cn2)cc1. The smallest absolute Gasteiger partial charge is 0.416 e. The standard InChI is InChI=1S/C32H24ClF3N6O2/c33-23-14-27(29(37)38-15-23)19-6-9-25(10-7-19)44-31-39-16-24(17-40-31)41-30(43)42-28-13-22(32(34,35)36)8-11-26(28)21-5-4-18-2-1-3-20(18)12-21/h4-17H,1-3H2,(H2,37,38)(H2,41,42,43). The maximum Gasteiger partial charge on any atom is 0.416 e. The Morgan fingerprint density at radius 3 is 2.30 bits per heavy atom. The highest BCUT2D eigenvalue weighted by molar-refractivity contribution is 6.30. The molecule has 0 fully saturated rings. The largest absolute Gasteiger partial charge is 0.424 e. The van der Waals surface area contributed by atoms with Crippen molar-refractivity contribution in [3.63, 3.8) is 0 Å². The zero-order chi connectivity index (χ0) is 30.8. The van der Waals surface area contributed by atoms with Crippen molar-refractivity contribution in [2.45, 2.75) is 25.4 Å². The van der Waals surface area contributed by atoms with Gasteiger partial charge in [0.2, 0.25) is 0 Å². The van der Waals surface area contributed by atoms with E-state index in [-0.39, 0.29) is 17.4 Å². The van der Waals surface area contributed by atoms with Crippen molar-refractivity contribution in [1.29, 1.82) is 0 Å². The summed E-state index contributed by atoms with van der Waals surface area (Å²) in [6, 6.07) is 17.1. The molecule has 4 N–H and O–H groups in total. The number of benzene rings is 3. The van der Waals surface area contributed by atoms with Gasteiger partial charge in [0.25, 0.3) is 0 Å². The number of hydrogen-bond donors (Lipinski definition) is 3. The van der Waals surface area contributed by atoms with Crippen LogP contribution in [0.25, 0.3) is 22.3 Å². The first-order chi connectivity index (χ1) is 21.1. The number of carbonyl (C=O) groups is 1. The van der Waals surface area contributed by atoms with Gasteiger partial charge in [-0.1, -0.05) is 48.0 Å². The topological polar surface area (TPSA) is 115 Å². The van der Waals surface area contributed by atoms with Crippen molar-refractivity contribution in [2.75, 3.05) is 16.4 Å². The Morgan fingerprint density at radius 1 is 0.818 bits per heavy atom. The molecule has 3 aromatic carbocycles. The van der Waals surface area contributed by atoms with E-state index in [1.165, 1.54) is 30.2 Å². The lowest BCUT2D eigenvalue weighted by Gasteiger charge is -2.16. The molecule has 0 aliphatic heterocycles. The quantitative estimate of drug-likeness (QED) is 0.176. The Morgan fingerprint density at radius 2 is 1.55 bits per heavy atom. The molecule has 5 aromatic rings. The van der Waals surface area contributed by atoms with Crippen LogP contribution in [-0.4, -0.2) is 21.0 Å². The Hall–Kier alpha value is -5.16. The minimum absolute atomic E-state index is 0.0180. The number of amides is 2. The molecular weight excluding hydrogens is 593 g/mol. The third kappa shape index (κ3) is 6.42. The lowest BCUT2D eigenvalue weighted by molar-refractivity contribution is -0.137. The van der Waals surface area contributed by atoms with Gasteiger partial charge in [-0.05, 0) is 71.8 Å². The zero-order valence-corrected chi connectivity index (χ0v) is 23.7. The normalized spacial score (nSPS) is 12.5. The third-order valence-electron chi connectivity index (χ3n) is 7.15. The first kappa shape index (κ1) is 28.9. The molecule has 6 rings (SSSR count). The highest BCUT2D eigenvalue weighted by atomic mass is 35.5. The van der Waals surface area contributed by atoms with E-state index in [0.717, 1.165) is 48.1 Å². The summed E-state index contributed by atoms with van der Waals surface area (Å²) in [6.45, 7) is 0. The van der Waals surface area contributed by atoms with Crippen molar-refractivity contribution in [3.8, 4) is 34.0 Å². The molecule has 2 aromatic heterocycles. The van der Waals surface area contributed by atoms with Gasteiger partial charge in [-0.25, -0.2) is 19.7 Å². The van der Waals surface area contributed by atoms with Gasteiger partial charge in [0, 0.05) is 17.3 Å². The predicted molar refractivity (Wildman–Crippen MR) is 163 cm³/mol. The molecule has 0 spiro atoms. The molecule has 8 nitrogen and oxygen atoms in total. The number of nitrogens with zero attached hydrogens (tertiary/aromatic N) is 3. The molecular formula is C32H24ClF3N6O2. The van der Waals surface area contributed by atoms with Gasteiger partial charge in [-0.3, -0.25) is 0 Å². The van der Waals surface area contributed by atoms with E-state index >= 15 is 0 Å². The number of aromatic nitrogens is 3. The van der Waals surface area contributed by atoms with E-state index in [2.05, 4.69) is 25.6 Å². The van der Waals surface area contributed by atoms with E-state index in [0.29, 0.717) is 27.7 Å². The van der Waals surface area contributed by atoms with Crippen LogP contribution in [0.15, 0.2) is 85.3 Å². The highest BCUT2D eigenvalue weighted by Crippen LogP contribution is 2.37. The molecule has 0 bridgehead atoms. The molecule has 1 aliphatic carbocycles. The summed E-state index contributed by atoms with van der Waals surface area (Å²) in [5.74, 6) is 0.787. The van der Waals surface area contributed by atoms with E-state index in [9.17, 15) is 18.0 Å². The lowest BCUT2D eigenvalue weighted by Crippen LogP contribution is -2.20. The van der Waals surface area contributed by atoms with E-state index in [4.69, 9.17) is 22.1 Å². The summed E-state index contributed by atoms with van der Waals surface area (Å²) in [6.07, 6.45) is 2.46. The van der Waals surface area contributed by atoms with E-state index in [1.54, 1.807) is 30.3 Å². The molecule has 44 heavy (non-hydrogen) atoms. The van der Waals surface area contributed by atoms with Crippen LogP contribution in [0.4, 0.5) is 35.2 Å². The Labute approximate surface area is 255 Å². The zero-order valence-electron chi connectivity index (χ0n) is 23.0. The van der Waals surface area contributed by atoms with Crippen LogP contribution in [0, 0.1) is 0 Å². The number of halogens is 4. The summed E-state index contributed by atoms with van der Waals surface area (Å²) in [5, 5.41) is 5.57. The minimum atomic E-state index is -4.58. The number of nitrogens with two attached hydrogens (primary N) is 1. The molecule has 0 atom stereocenters. The van der Waals surface area contributed by atoms with Crippen LogP contribution in [-0.2, 0) is 19.0 Å². The highest BCUT2D eigenvalue weighted by Gasteiger charge is 2.31. The van der Waals surface area contributed by atoms with Crippen molar-refractivity contribution < 1.29 is 22.7 Å². The maximum atomic E-state index is 13.5. The Kier molecular flexibility index (Phi) is 7.79. The van der Waals surface area contributed by atoms with Gasteiger partial charge in [-0.2, -0.15) is 13.2 Å². The number of nitrogens with one attached hydrogen (secondary N) is 2. The van der Waals surface area contributed by atoms with Gasteiger partial charge < -0.3 is 21.1 Å². The molecule has 0 unspecified atom stereocenters. The summed E-state index contributed by atoms with van der Waals surface area (Å²) >= 11 is 6.03. The number of aryl methyl sites for hydroxylation is 2. The first-order valence-electron chi connectivity index (χ1n) is 13.6. The van der Waals surface area contributed by atoms with Crippen LogP contribution >= 0.6 is 11.6 Å². The molecule has 222 valence electrons. The van der Waals surface area contributed by atoms with Crippen LogP contribution < -0.4 is 21.1 Å². The number of carbonyl (C=O) groups excluding carboxylic acids is 1. The van der Waals surface area contributed by atoms with Gasteiger partial charge in [-0.15, -0.1) is 0 Å². The summed E-state index contributed by atoms with van der Waals surface area (Å²) in [5.41, 5.74) is 10.4. The molecule has 0 saturated carbocycles. The fraction of sp³-hybridized carbons (Fsp3) is 0.125. The van der Waals surface area contributed by atoms with Gasteiger partial charge in [0.15, 0.2) is 0 Å². The maximum absolute atomic E-state index is 13.5. The second-order valence-corrected chi connectivity index (χ2v) is 10.6. The number of alkyl halides is 3. The van der Waals surface area contributed by atoms with Crippen molar-refractivity contribution in [1.82, 2.24) is 15.0 Å². The van der Waals surface area contributed by atoms with Gasteiger partial charge >= 0.3 is 18.2 Å². The second-order valence-electron chi connectivity index (χ2n) is 10.1. The molecule has 2 amide bonds. The summed E-state index contributed by atoms with van der Waals surface area (Å²) < 4.78 is 46.2. The van der Waals surface area contributed by atoms with E-state index in [1.807, 2.05) is 18.2 Å². The third-order valence-corrected chi connectivity index (χ3v) is 7.36. The number of urea groups is 1. The number of hydrogen-bond acceptors (Lipinski definition) is 6. The van der Waals surface area contributed by atoms with Gasteiger partial charge in [0.05, 0.1) is 34.4 Å². The molecule has 1 aliphatic rings. The number of rotatable bonds is 6. The molecule has 0 saturated heterocycles. The average Bonchev–Trinajstić information content (AvgIpc) is 3.47. The predicted octanol–water partition coefficient (Wildman–Crippen LogP) is 8.39. The summed E-state index contributed by atoms with van der Waals surface area (Å²) in [7, 11) is 0. The van der Waals surface area contributed by atoms with Crippen molar-refractivity contribution in [3.05, 3.63) is 107 Å². The van der Waals surface area contributed by atoms with Crippen LogP contribution in [0.3, 0.4) is 0 Å². The molecule has 2 heterocycles. The molecule has 0 radical (unpaired) electrons. The lowest BCUT2D eigenvalue weighted by atomic mass is 9.97. The second kappa shape index (κ2) is 11.8. The fourth-order valence-corrected chi connectivity index (χ4v) is 5.18. The van der Waals surface area contributed by atoms with Crippen LogP contribution in [0.1, 0.15) is 23.1 Å². The average molecular weight is 617 g/mol. The summed E-state index contributed by atoms with van der Waals surface area (Å²) in [4.78, 5) is 25.2. The van der Waals surface area contributed by atoms with Gasteiger partial charge in [0.1, 0.15) is 11.6 Å². The Balaban J connectivity index is 1.14. The van der Waals surface area contributed by atoms with Crippen LogP contribution in [0.5, 0.6) is 11.8 Å².